The average Bonchev–Trinajstić information content (AvgIpc) is 2.36. The van der Waals surface area contributed by atoms with Crippen LogP contribution in [0.3, 0.4) is 0 Å². The van der Waals surface area contributed by atoms with Crippen LogP contribution in [0.5, 0.6) is 5.75 Å². The maximum Gasteiger partial charge on any atom is 0.209 e. The molecular weight excluding hydrogens is 300 g/mol. The van der Waals surface area contributed by atoms with Crippen LogP contribution in [0, 0.1) is 5.41 Å². The molecule has 0 amide bonds. The minimum atomic E-state index is -3.52. The van der Waals surface area contributed by atoms with Crippen molar-refractivity contribution in [2.75, 3.05) is 12.4 Å². The zero-order valence-electron chi connectivity index (χ0n) is 11.2. The van der Waals surface area contributed by atoms with E-state index >= 15 is 0 Å². The predicted molar refractivity (Wildman–Crippen MR) is 78.2 cm³/mol. The van der Waals surface area contributed by atoms with Gasteiger partial charge < -0.3 is 4.74 Å². The second-order valence-electron chi connectivity index (χ2n) is 5.50. The Labute approximate surface area is 124 Å². The molecule has 7 heteroatoms. The van der Waals surface area contributed by atoms with Gasteiger partial charge in [0.2, 0.25) is 10.0 Å². The van der Waals surface area contributed by atoms with Crippen LogP contribution in [0.2, 0.25) is 5.02 Å². The van der Waals surface area contributed by atoms with Crippen molar-refractivity contribution in [2.24, 2.45) is 10.6 Å². The smallest absolute Gasteiger partial charge is 0.209 e. The van der Waals surface area contributed by atoms with Gasteiger partial charge in [0.15, 0.2) is 0 Å². The summed E-state index contributed by atoms with van der Waals surface area (Å²) >= 11 is 5.85. The number of ether oxygens (including phenoxy) is 1. The highest BCUT2D eigenvalue weighted by Gasteiger charge is 2.36. The fourth-order valence-electron chi connectivity index (χ4n) is 2.77. The van der Waals surface area contributed by atoms with Gasteiger partial charge in [0.1, 0.15) is 5.75 Å². The second-order valence-corrected chi connectivity index (χ2v) is 7.55. The van der Waals surface area contributed by atoms with E-state index in [9.17, 15) is 8.42 Å². The van der Waals surface area contributed by atoms with Crippen molar-refractivity contribution in [1.29, 1.82) is 0 Å². The van der Waals surface area contributed by atoms with Crippen molar-refractivity contribution in [3.63, 3.8) is 0 Å². The molecule has 5 nitrogen and oxygen atoms in total. The van der Waals surface area contributed by atoms with Crippen LogP contribution in [0.1, 0.15) is 32.1 Å². The molecule has 20 heavy (non-hydrogen) atoms. The normalized spacial score (nSPS) is 18.7. The molecular formula is C13H19ClN2O3S. The average molecular weight is 319 g/mol. The van der Waals surface area contributed by atoms with Gasteiger partial charge in [0.05, 0.1) is 23.6 Å². The maximum absolute atomic E-state index is 11.5. The summed E-state index contributed by atoms with van der Waals surface area (Å²) in [5, 5.41) is 5.72. The van der Waals surface area contributed by atoms with E-state index in [1.54, 1.807) is 12.3 Å². The lowest BCUT2D eigenvalue weighted by Gasteiger charge is -2.36. The molecule has 0 radical (unpaired) electrons. The summed E-state index contributed by atoms with van der Waals surface area (Å²) in [6.07, 6.45) is 7.87. The molecule has 1 fully saturated rings. The monoisotopic (exact) mass is 318 g/mol. The van der Waals surface area contributed by atoms with Crippen LogP contribution in [-0.2, 0) is 10.0 Å². The largest absolute Gasteiger partial charge is 0.491 e. The highest BCUT2D eigenvalue weighted by atomic mass is 35.5. The van der Waals surface area contributed by atoms with E-state index in [1.165, 1.54) is 6.20 Å². The van der Waals surface area contributed by atoms with Gasteiger partial charge in [0.25, 0.3) is 0 Å². The molecule has 0 spiro atoms. The first kappa shape index (κ1) is 15.5. The molecule has 112 valence electrons. The number of nitrogens with zero attached hydrogens (tertiary/aromatic N) is 1. The zero-order chi connectivity index (χ0) is 14.6. The molecule has 0 unspecified atom stereocenters. The Bertz CT molecular complexity index is 556. The van der Waals surface area contributed by atoms with Gasteiger partial charge >= 0.3 is 0 Å². The van der Waals surface area contributed by atoms with Gasteiger partial charge in [0, 0.05) is 17.7 Å². The first-order valence-corrected chi connectivity index (χ1v) is 8.72. The standard InChI is InChI=1S/C13H19ClN2O3S/c14-11-6-12(8-16-7-11)19-9-13(10-20(15,17)18)4-2-1-3-5-13/h6-8H,1-5,9-10H2,(H2,15,17,18). The van der Waals surface area contributed by atoms with E-state index in [1.807, 2.05) is 0 Å². The molecule has 0 aromatic carbocycles. The summed E-state index contributed by atoms with van der Waals surface area (Å²) < 4.78 is 28.6. The van der Waals surface area contributed by atoms with Gasteiger partial charge in [-0.2, -0.15) is 0 Å². The van der Waals surface area contributed by atoms with Crippen LogP contribution in [0.4, 0.5) is 0 Å². The number of rotatable bonds is 5. The van der Waals surface area contributed by atoms with Crippen molar-refractivity contribution in [2.45, 2.75) is 32.1 Å². The quantitative estimate of drug-likeness (QED) is 0.903. The number of hydrogen-bond donors (Lipinski definition) is 1. The minimum absolute atomic E-state index is 0.0337. The molecule has 0 saturated heterocycles. The molecule has 2 rings (SSSR count). The molecule has 1 saturated carbocycles. The van der Waals surface area contributed by atoms with E-state index in [2.05, 4.69) is 4.98 Å². The lowest BCUT2D eigenvalue weighted by atomic mass is 9.76. The number of hydrogen-bond acceptors (Lipinski definition) is 4. The van der Waals surface area contributed by atoms with Crippen molar-refractivity contribution in [1.82, 2.24) is 4.98 Å². The number of halogens is 1. The molecule has 1 aromatic rings. The molecule has 0 atom stereocenters. The Balaban J connectivity index is 2.08. The molecule has 0 aliphatic heterocycles. The highest BCUT2D eigenvalue weighted by molar-refractivity contribution is 7.89. The molecule has 0 bridgehead atoms. The lowest BCUT2D eigenvalue weighted by Crippen LogP contribution is -2.40. The first-order valence-electron chi connectivity index (χ1n) is 6.62. The summed E-state index contributed by atoms with van der Waals surface area (Å²) in [5.41, 5.74) is -0.395. The Hall–Kier alpha value is -0.850. The first-order chi connectivity index (χ1) is 9.39. The summed E-state index contributed by atoms with van der Waals surface area (Å²) in [6.45, 7) is 0.325. The third kappa shape index (κ3) is 4.61. The maximum atomic E-state index is 11.5. The van der Waals surface area contributed by atoms with Crippen molar-refractivity contribution < 1.29 is 13.2 Å². The topological polar surface area (TPSA) is 82.3 Å². The number of sulfonamides is 1. The van der Waals surface area contributed by atoms with Gasteiger partial charge in [-0.15, -0.1) is 0 Å². The minimum Gasteiger partial charge on any atom is -0.491 e. The fourth-order valence-corrected chi connectivity index (χ4v) is 4.16. The van der Waals surface area contributed by atoms with Crippen LogP contribution in [0.25, 0.3) is 0 Å². The molecule has 1 aliphatic rings. The fraction of sp³-hybridized carbons (Fsp3) is 0.615. The lowest BCUT2D eigenvalue weighted by molar-refractivity contribution is 0.118. The molecule has 1 heterocycles. The van der Waals surface area contributed by atoms with Crippen LogP contribution < -0.4 is 9.88 Å². The van der Waals surface area contributed by atoms with Crippen molar-refractivity contribution >= 4 is 21.6 Å². The third-order valence-corrected chi connectivity index (χ3v) is 4.87. The SMILES string of the molecule is NS(=O)(=O)CC1(COc2cncc(Cl)c2)CCCCC1. The summed E-state index contributed by atoms with van der Waals surface area (Å²) in [4.78, 5) is 3.95. The van der Waals surface area contributed by atoms with Crippen LogP contribution >= 0.6 is 11.6 Å². The van der Waals surface area contributed by atoms with E-state index in [0.29, 0.717) is 17.4 Å². The van der Waals surface area contributed by atoms with E-state index in [4.69, 9.17) is 21.5 Å². The Morgan fingerprint density at radius 3 is 2.60 bits per heavy atom. The summed E-state index contributed by atoms with van der Waals surface area (Å²) in [5.74, 6) is 0.519. The number of primary sulfonamides is 1. The number of nitrogens with two attached hydrogens (primary N) is 1. The van der Waals surface area contributed by atoms with Gasteiger partial charge in [-0.25, -0.2) is 13.6 Å². The molecule has 2 N–H and O–H groups in total. The second kappa shape index (κ2) is 6.28. The van der Waals surface area contributed by atoms with E-state index in [-0.39, 0.29) is 5.75 Å². The van der Waals surface area contributed by atoms with Crippen molar-refractivity contribution in [3.8, 4) is 5.75 Å². The summed E-state index contributed by atoms with van der Waals surface area (Å²) in [6, 6.07) is 1.67. The van der Waals surface area contributed by atoms with Gasteiger partial charge in [-0.1, -0.05) is 30.9 Å². The van der Waals surface area contributed by atoms with Crippen LogP contribution in [0.15, 0.2) is 18.5 Å². The number of pyridine rings is 1. The van der Waals surface area contributed by atoms with Crippen LogP contribution in [-0.4, -0.2) is 25.8 Å². The molecule has 1 aromatic heterocycles. The Morgan fingerprint density at radius 1 is 1.30 bits per heavy atom. The number of aromatic nitrogens is 1. The van der Waals surface area contributed by atoms with Crippen molar-refractivity contribution in [3.05, 3.63) is 23.5 Å². The zero-order valence-corrected chi connectivity index (χ0v) is 12.8. The van der Waals surface area contributed by atoms with Gasteiger partial charge in [-0.05, 0) is 12.8 Å². The summed E-state index contributed by atoms with van der Waals surface area (Å²) in [7, 11) is -3.52. The Morgan fingerprint density at radius 2 is 2.00 bits per heavy atom. The Kier molecular flexibility index (Phi) is 4.88. The van der Waals surface area contributed by atoms with Gasteiger partial charge in [-0.3, -0.25) is 4.98 Å². The molecule has 1 aliphatic carbocycles. The third-order valence-electron chi connectivity index (χ3n) is 3.65. The van der Waals surface area contributed by atoms with E-state index < -0.39 is 15.4 Å². The van der Waals surface area contributed by atoms with E-state index in [0.717, 1.165) is 32.1 Å². The predicted octanol–water partition coefficient (Wildman–Crippen LogP) is 2.35. The highest BCUT2D eigenvalue weighted by Crippen LogP contribution is 2.37.